The van der Waals surface area contributed by atoms with Gasteiger partial charge >= 0.3 is 5.97 Å². The highest BCUT2D eigenvalue weighted by Crippen LogP contribution is 2.26. The molecular weight excluding hydrogens is 330 g/mol. The van der Waals surface area contributed by atoms with Crippen LogP contribution in [0.5, 0.6) is 0 Å². The summed E-state index contributed by atoms with van der Waals surface area (Å²) in [5.41, 5.74) is 3.00. The number of nitrogens with one attached hydrogen (secondary N) is 1. The van der Waals surface area contributed by atoms with Gasteiger partial charge in [0.15, 0.2) is 6.10 Å². The van der Waals surface area contributed by atoms with Gasteiger partial charge in [0.25, 0.3) is 5.89 Å². The van der Waals surface area contributed by atoms with Crippen molar-refractivity contribution in [3.8, 4) is 11.5 Å². The van der Waals surface area contributed by atoms with E-state index in [4.69, 9.17) is 9.15 Å². The highest BCUT2D eigenvalue weighted by Gasteiger charge is 2.23. The lowest BCUT2D eigenvalue weighted by Gasteiger charge is -2.09. The molecule has 0 saturated carbocycles. The summed E-state index contributed by atoms with van der Waals surface area (Å²) in [6.45, 7) is 3.56. The highest BCUT2D eigenvalue weighted by molar-refractivity contribution is 6.05. The molecule has 2 heterocycles. The summed E-state index contributed by atoms with van der Waals surface area (Å²) in [5.74, 6) is 0.230. The number of carbonyl (C=O) groups excluding carboxylic acids is 1. The van der Waals surface area contributed by atoms with Crippen LogP contribution in [0, 0.1) is 6.92 Å². The molecule has 0 radical (unpaired) electrons. The third-order valence-corrected chi connectivity index (χ3v) is 4.19. The standard InChI is InChI=1S/C20H17N3O3/c1-12-17(15-10-6-7-11-16(15)21-12)20(24)25-13(2)18-22-23-19(26-18)14-8-4-3-5-9-14/h3-11,13,21H,1-2H3/t13-/m1/s1. The van der Waals surface area contributed by atoms with E-state index >= 15 is 0 Å². The molecule has 0 spiro atoms. The molecule has 130 valence electrons. The summed E-state index contributed by atoms with van der Waals surface area (Å²) >= 11 is 0. The van der Waals surface area contributed by atoms with Crippen LogP contribution in [0.3, 0.4) is 0 Å². The molecule has 0 amide bonds. The first-order valence-electron chi connectivity index (χ1n) is 8.30. The van der Waals surface area contributed by atoms with E-state index in [9.17, 15) is 4.79 Å². The number of hydrogen-bond donors (Lipinski definition) is 1. The predicted octanol–water partition coefficient (Wildman–Crippen LogP) is 4.44. The van der Waals surface area contributed by atoms with Gasteiger partial charge in [-0.05, 0) is 32.0 Å². The average molecular weight is 347 g/mol. The topological polar surface area (TPSA) is 81.0 Å². The van der Waals surface area contributed by atoms with Crippen molar-refractivity contribution in [1.82, 2.24) is 15.2 Å². The van der Waals surface area contributed by atoms with Crippen LogP contribution in [0.2, 0.25) is 0 Å². The molecule has 26 heavy (non-hydrogen) atoms. The number of benzene rings is 2. The molecule has 4 rings (SSSR count). The number of aromatic amines is 1. The molecule has 0 aliphatic carbocycles. The highest BCUT2D eigenvalue weighted by atomic mass is 16.6. The van der Waals surface area contributed by atoms with Gasteiger partial charge in [0.05, 0.1) is 5.56 Å². The summed E-state index contributed by atoms with van der Waals surface area (Å²) in [6, 6.07) is 17.1. The Kier molecular flexibility index (Phi) is 4.01. The molecule has 0 fully saturated rings. The Balaban J connectivity index is 1.56. The number of aryl methyl sites for hydroxylation is 1. The summed E-state index contributed by atoms with van der Waals surface area (Å²) in [5, 5.41) is 8.87. The van der Waals surface area contributed by atoms with Crippen molar-refractivity contribution in [3.63, 3.8) is 0 Å². The molecule has 2 aromatic heterocycles. The van der Waals surface area contributed by atoms with Crippen LogP contribution < -0.4 is 0 Å². The maximum Gasteiger partial charge on any atom is 0.341 e. The molecule has 4 aromatic rings. The Morgan fingerprint density at radius 1 is 1.08 bits per heavy atom. The van der Waals surface area contributed by atoms with E-state index in [0.29, 0.717) is 11.5 Å². The number of nitrogens with zero attached hydrogens (tertiary/aromatic N) is 2. The Morgan fingerprint density at radius 2 is 1.81 bits per heavy atom. The molecule has 6 heteroatoms. The first-order chi connectivity index (χ1) is 12.6. The molecule has 2 aromatic carbocycles. The largest absolute Gasteiger partial charge is 0.449 e. The van der Waals surface area contributed by atoms with Crippen molar-refractivity contribution in [2.75, 3.05) is 0 Å². The number of rotatable bonds is 4. The Morgan fingerprint density at radius 3 is 2.62 bits per heavy atom. The average Bonchev–Trinajstić information content (AvgIpc) is 3.26. The van der Waals surface area contributed by atoms with Gasteiger partial charge in [-0.2, -0.15) is 0 Å². The molecular formula is C20H17N3O3. The molecule has 0 aliphatic rings. The number of hydrogen-bond acceptors (Lipinski definition) is 5. The fourth-order valence-corrected chi connectivity index (χ4v) is 2.91. The van der Waals surface area contributed by atoms with Gasteiger partial charge in [0.2, 0.25) is 5.89 Å². The van der Waals surface area contributed by atoms with Crippen LogP contribution in [0.1, 0.15) is 35.0 Å². The van der Waals surface area contributed by atoms with Crippen molar-refractivity contribution in [2.45, 2.75) is 20.0 Å². The van der Waals surface area contributed by atoms with Gasteiger partial charge in [-0.25, -0.2) is 4.79 Å². The molecule has 0 aliphatic heterocycles. The number of para-hydroxylation sites is 1. The van der Waals surface area contributed by atoms with Crippen LogP contribution in [0.15, 0.2) is 59.0 Å². The second-order valence-electron chi connectivity index (χ2n) is 6.03. The lowest BCUT2D eigenvalue weighted by Crippen LogP contribution is -2.10. The van der Waals surface area contributed by atoms with Crippen molar-refractivity contribution in [2.24, 2.45) is 0 Å². The van der Waals surface area contributed by atoms with Crippen LogP contribution in [-0.2, 0) is 4.74 Å². The van der Waals surface area contributed by atoms with Crippen molar-refractivity contribution < 1.29 is 13.9 Å². The third-order valence-electron chi connectivity index (χ3n) is 4.19. The zero-order valence-electron chi connectivity index (χ0n) is 14.4. The van der Waals surface area contributed by atoms with E-state index in [2.05, 4.69) is 15.2 Å². The second-order valence-corrected chi connectivity index (χ2v) is 6.03. The fourth-order valence-electron chi connectivity index (χ4n) is 2.91. The second kappa shape index (κ2) is 6.48. The van der Waals surface area contributed by atoms with Gasteiger partial charge < -0.3 is 14.1 Å². The van der Waals surface area contributed by atoms with Crippen molar-refractivity contribution in [3.05, 3.63) is 71.7 Å². The van der Waals surface area contributed by atoms with E-state index in [0.717, 1.165) is 22.2 Å². The predicted molar refractivity (Wildman–Crippen MR) is 96.6 cm³/mol. The number of fused-ring (bicyclic) bond motifs is 1. The van der Waals surface area contributed by atoms with E-state index in [-0.39, 0.29) is 5.89 Å². The van der Waals surface area contributed by atoms with Crippen LogP contribution in [-0.4, -0.2) is 21.2 Å². The van der Waals surface area contributed by atoms with Gasteiger partial charge in [-0.1, -0.05) is 36.4 Å². The maximum atomic E-state index is 12.7. The minimum Gasteiger partial charge on any atom is -0.449 e. The summed E-state index contributed by atoms with van der Waals surface area (Å²) < 4.78 is 11.2. The van der Waals surface area contributed by atoms with Crippen LogP contribution in [0.25, 0.3) is 22.4 Å². The molecule has 0 unspecified atom stereocenters. The van der Waals surface area contributed by atoms with Gasteiger partial charge in [0.1, 0.15) is 0 Å². The number of aromatic nitrogens is 3. The van der Waals surface area contributed by atoms with Crippen LogP contribution in [0.4, 0.5) is 0 Å². The monoisotopic (exact) mass is 347 g/mol. The molecule has 1 atom stereocenters. The summed E-state index contributed by atoms with van der Waals surface area (Å²) in [6.07, 6.45) is -0.652. The maximum absolute atomic E-state index is 12.7. The van der Waals surface area contributed by atoms with E-state index < -0.39 is 12.1 Å². The molecule has 1 N–H and O–H groups in total. The van der Waals surface area contributed by atoms with E-state index in [1.807, 2.05) is 61.5 Å². The van der Waals surface area contributed by atoms with E-state index in [1.54, 1.807) is 6.92 Å². The first kappa shape index (κ1) is 16.1. The van der Waals surface area contributed by atoms with Crippen molar-refractivity contribution in [1.29, 1.82) is 0 Å². The number of esters is 1. The van der Waals surface area contributed by atoms with Gasteiger partial charge in [-0.3, -0.25) is 0 Å². The molecule has 0 bridgehead atoms. The Labute approximate surface area is 149 Å². The summed E-state index contributed by atoms with van der Waals surface area (Å²) in [4.78, 5) is 15.9. The smallest absolute Gasteiger partial charge is 0.341 e. The van der Waals surface area contributed by atoms with Gasteiger partial charge in [-0.15, -0.1) is 10.2 Å². The van der Waals surface area contributed by atoms with E-state index in [1.165, 1.54) is 0 Å². The Bertz CT molecular complexity index is 1070. The first-order valence-corrected chi connectivity index (χ1v) is 8.30. The normalized spacial score (nSPS) is 12.2. The van der Waals surface area contributed by atoms with Gasteiger partial charge in [0, 0.05) is 22.2 Å². The van der Waals surface area contributed by atoms with Crippen LogP contribution >= 0.6 is 0 Å². The lowest BCUT2D eigenvalue weighted by atomic mass is 10.1. The zero-order valence-corrected chi connectivity index (χ0v) is 14.4. The minimum absolute atomic E-state index is 0.259. The quantitative estimate of drug-likeness (QED) is 0.552. The lowest BCUT2D eigenvalue weighted by molar-refractivity contribution is 0.0281. The minimum atomic E-state index is -0.652. The van der Waals surface area contributed by atoms with Crippen molar-refractivity contribution >= 4 is 16.9 Å². The molecule has 6 nitrogen and oxygen atoms in total. The molecule has 0 saturated heterocycles. The zero-order chi connectivity index (χ0) is 18.1. The SMILES string of the molecule is Cc1[nH]c2ccccc2c1C(=O)O[C@H](C)c1nnc(-c2ccccc2)o1. The summed E-state index contributed by atoms with van der Waals surface area (Å²) in [7, 11) is 0. The third kappa shape index (κ3) is 2.86. The number of H-pyrrole nitrogens is 1. The Hall–Kier alpha value is -3.41. The number of ether oxygens (including phenoxy) is 1. The number of carbonyl (C=O) groups is 1. The fraction of sp³-hybridized carbons (Fsp3) is 0.150.